The van der Waals surface area contributed by atoms with Crippen LogP contribution >= 0.6 is 7.14 Å². The van der Waals surface area contributed by atoms with Crippen molar-refractivity contribution in [3.63, 3.8) is 0 Å². The normalized spacial score (nSPS) is 31.5. The molecule has 0 radical (unpaired) electrons. The fourth-order valence-electron chi connectivity index (χ4n) is 5.66. The maximum Gasteiger partial charge on any atom is 0.150 e. The molecule has 4 atom stereocenters. The summed E-state index contributed by atoms with van der Waals surface area (Å²) in [4.78, 5) is 13.6. The van der Waals surface area contributed by atoms with E-state index in [1.165, 1.54) is 0 Å². The molecular formula is C23H23O2P. The second-order valence-electron chi connectivity index (χ2n) is 8.07. The summed E-state index contributed by atoms with van der Waals surface area (Å²) in [5.74, 6) is 1.68. The predicted octanol–water partition coefficient (Wildman–Crippen LogP) is 4.17. The molecule has 3 aliphatic carbocycles. The van der Waals surface area contributed by atoms with Gasteiger partial charge in [-0.15, -0.1) is 0 Å². The number of ketones is 1. The number of carbonyl (C=O) groups excluding carboxylic acids is 1. The van der Waals surface area contributed by atoms with Crippen molar-refractivity contribution in [2.75, 3.05) is 6.16 Å². The highest BCUT2D eigenvalue weighted by Gasteiger charge is 2.64. The van der Waals surface area contributed by atoms with Crippen LogP contribution in [0.15, 0.2) is 72.8 Å². The lowest BCUT2D eigenvalue weighted by Gasteiger charge is -2.50. The SMILES string of the molecule is O=C(CP(=O)(c1ccccc1)c1ccccc1)C12CCC1C1C=CC2C1. The molecule has 3 heteroatoms. The Hall–Kier alpha value is -1.92. The first-order valence-electron chi connectivity index (χ1n) is 9.56. The van der Waals surface area contributed by atoms with Crippen LogP contribution in [0.1, 0.15) is 19.3 Å². The van der Waals surface area contributed by atoms with E-state index in [0.29, 0.717) is 17.8 Å². The Kier molecular flexibility index (Phi) is 3.62. The van der Waals surface area contributed by atoms with Gasteiger partial charge in [0.15, 0.2) is 0 Å². The van der Waals surface area contributed by atoms with Gasteiger partial charge in [-0.3, -0.25) is 4.79 Å². The smallest absolute Gasteiger partial charge is 0.150 e. The zero-order chi connectivity index (χ0) is 17.8. The molecular weight excluding hydrogens is 339 g/mol. The molecule has 26 heavy (non-hydrogen) atoms. The van der Waals surface area contributed by atoms with Gasteiger partial charge in [-0.1, -0.05) is 72.8 Å². The van der Waals surface area contributed by atoms with Gasteiger partial charge < -0.3 is 4.57 Å². The lowest BCUT2D eigenvalue weighted by Crippen LogP contribution is -2.51. The van der Waals surface area contributed by atoms with E-state index in [2.05, 4.69) is 12.2 Å². The summed E-state index contributed by atoms with van der Waals surface area (Å²) in [5.41, 5.74) is -0.224. The number of Topliss-reactive ketones (excluding diaryl/α,β-unsaturated/α-hetero) is 1. The van der Waals surface area contributed by atoms with Crippen LogP contribution in [0.3, 0.4) is 0 Å². The summed E-state index contributed by atoms with van der Waals surface area (Å²) in [7, 11) is -2.96. The van der Waals surface area contributed by atoms with Gasteiger partial charge in [0.25, 0.3) is 0 Å². The molecule has 0 spiro atoms. The number of benzene rings is 2. The van der Waals surface area contributed by atoms with Crippen LogP contribution in [0.2, 0.25) is 0 Å². The van der Waals surface area contributed by atoms with E-state index in [1.54, 1.807) is 0 Å². The molecule has 132 valence electrons. The van der Waals surface area contributed by atoms with E-state index in [1.807, 2.05) is 60.7 Å². The van der Waals surface area contributed by atoms with Gasteiger partial charge in [0.05, 0.1) is 6.16 Å². The molecule has 2 aromatic rings. The fraction of sp³-hybridized carbons (Fsp3) is 0.348. The molecule has 2 saturated carbocycles. The Bertz CT molecular complexity index is 874. The third-order valence-corrected chi connectivity index (χ3v) is 10.1. The molecule has 0 heterocycles. The van der Waals surface area contributed by atoms with E-state index < -0.39 is 7.14 Å². The monoisotopic (exact) mass is 362 g/mol. The molecule has 2 nitrogen and oxygen atoms in total. The van der Waals surface area contributed by atoms with Gasteiger partial charge in [-0.2, -0.15) is 0 Å². The molecule has 2 fully saturated rings. The van der Waals surface area contributed by atoms with Gasteiger partial charge in [0, 0.05) is 16.0 Å². The first-order valence-corrected chi connectivity index (χ1v) is 11.5. The zero-order valence-electron chi connectivity index (χ0n) is 14.8. The molecule has 2 bridgehead atoms. The third-order valence-electron chi connectivity index (χ3n) is 7.06. The van der Waals surface area contributed by atoms with Gasteiger partial charge in [-0.25, -0.2) is 0 Å². The molecule has 0 saturated heterocycles. The van der Waals surface area contributed by atoms with E-state index in [0.717, 1.165) is 29.9 Å². The molecule has 0 aromatic heterocycles. The summed E-state index contributed by atoms with van der Waals surface area (Å²) in [5, 5.41) is 1.59. The van der Waals surface area contributed by atoms with E-state index >= 15 is 0 Å². The highest BCUT2D eigenvalue weighted by molar-refractivity contribution is 7.79. The van der Waals surface area contributed by atoms with Crippen LogP contribution in [0.4, 0.5) is 0 Å². The van der Waals surface area contributed by atoms with Crippen molar-refractivity contribution in [1.82, 2.24) is 0 Å². The number of hydrogen-bond acceptors (Lipinski definition) is 2. The lowest BCUT2D eigenvalue weighted by atomic mass is 9.53. The molecule has 0 aliphatic heterocycles. The molecule has 4 unspecified atom stereocenters. The van der Waals surface area contributed by atoms with Crippen LogP contribution in [-0.2, 0) is 9.36 Å². The number of hydrogen-bond donors (Lipinski definition) is 0. The average Bonchev–Trinajstić information content (AvgIpc) is 3.18. The lowest BCUT2D eigenvalue weighted by molar-refractivity contribution is -0.138. The quantitative estimate of drug-likeness (QED) is 0.591. The van der Waals surface area contributed by atoms with Crippen molar-refractivity contribution in [2.24, 2.45) is 23.2 Å². The molecule has 3 aliphatic rings. The van der Waals surface area contributed by atoms with Crippen molar-refractivity contribution >= 4 is 23.5 Å². The Morgan fingerprint density at radius 2 is 1.58 bits per heavy atom. The number of rotatable bonds is 5. The topological polar surface area (TPSA) is 34.1 Å². The standard InChI is InChI=1S/C23H23O2P/c24-22(23-14-13-21(23)17-11-12-18(23)15-17)16-26(25,19-7-3-1-4-8-19)20-9-5-2-6-10-20/h1-12,17-18,21H,13-16H2. The van der Waals surface area contributed by atoms with Crippen LogP contribution in [-0.4, -0.2) is 11.9 Å². The van der Waals surface area contributed by atoms with Crippen molar-refractivity contribution in [3.8, 4) is 0 Å². The van der Waals surface area contributed by atoms with E-state index in [-0.39, 0.29) is 17.4 Å². The minimum Gasteiger partial charge on any atom is -0.313 e. The number of carbonyl (C=O) groups is 1. The van der Waals surface area contributed by atoms with Crippen LogP contribution in [0, 0.1) is 23.2 Å². The Labute approximate surface area is 154 Å². The second-order valence-corrected chi connectivity index (χ2v) is 10.9. The summed E-state index contributed by atoms with van der Waals surface area (Å²) in [6, 6.07) is 19.2. The first-order chi connectivity index (χ1) is 12.6. The van der Waals surface area contributed by atoms with Gasteiger partial charge >= 0.3 is 0 Å². The van der Waals surface area contributed by atoms with Crippen LogP contribution < -0.4 is 10.6 Å². The Balaban J connectivity index is 1.54. The van der Waals surface area contributed by atoms with E-state index in [9.17, 15) is 9.36 Å². The number of allylic oxidation sites excluding steroid dienone is 2. The fourth-order valence-corrected chi connectivity index (χ4v) is 8.33. The molecule has 5 rings (SSSR count). The van der Waals surface area contributed by atoms with Crippen LogP contribution in [0.5, 0.6) is 0 Å². The summed E-state index contributed by atoms with van der Waals surface area (Å²) in [6.45, 7) is 0. The second kappa shape index (κ2) is 5.79. The molecule has 0 amide bonds. The maximum atomic E-state index is 14.2. The average molecular weight is 362 g/mol. The minimum atomic E-state index is -2.96. The Morgan fingerprint density at radius 1 is 0.962 bits per heavy atom. The Morgan fingerprint density at radius 3 is 2.08 bits per heavy atom. The first kappa shape index (κ1) is 16.3. The molecule has 0 N–H and O–H groups in total. The largest absolute Gasteiger partial charge is 0.313 e. The summed E-state index contributed by atoms with van der Waals surface area (Å²) >= 11 is 0. The zero-order valence-corrected chi connectivity index (χ0v) is 15.6. The van der Waals surface area contributed by atoms with E-state index in [4.69, 9.17) is 0 Å². The van der Waals surface area contributed by atoms with Crippen molar-refractivity contribution in [1.29, 1.82) is 0 Å². The molecule has 2 aromatic carbocycles. The highest BCUT2D eigenvalue weighted by Crippen LogP contribution is 2.67. The highest BCUT2D eigenvalue weighted by atomic mass is 31.2. The third kappa shape index (κ3) is 2.12. The van der Waals surface area contributed by atoms with Gasteiger partial charge in [0.2, 0.25) is 0 Å². The van der Waals surface area contributed by atoms with Gasteiger partial charge in [0.1, 0.15) is 12.9 Å². The van der Waals surface area contributed by atoms with Crippen molar-refractivity contribution in [2.45, 2.75) is 19.3 Å². The minimum absolute atomic E-state index is 0.161. The number of fused-ring (bicyclic) bond motifs is 5. The van der Waals surface area contributed by atoms with Crippen molar-refractivity contribution in [3.05, 3.63) is 72.8 Å². The van der Waals surface area contributed by atoms with Crippen molar-refractivity contribution < 1.29 is 9.36 Å². The maximum absolute atomic E-state index is 14.2. The summed E-state index contributed by atoms with van der Waals surface area (Å²) < 4.78 is 14.2. The van der Waals surface area contributed by atoms with Gasteiger partial charge in [-0.05, 0) is 37.0 Å². The van der Waals surface area contributed by atoms with Crippen LogP contribution in [0.25, 0.3) is 0 Å². The summed E-state index contributed by atoms with van der Waals surface area (Å²) in [6.07, 6.45) is 7.98. The predicted molar refractivity (Wildman–Crippen MR) is 106 cm³/mol.